The summed E-state index contributed by atoms with van der Waals surface area (Å²) >= 11 is 0. The number of Topliss-reactive ketones (excluding diaryl/α,β-unsaturated/α-hetero) is 2. The third kappa shape index (κ3) is 5.96. The predicted molar refractivity (Wildman–Crippen MR) is 116 cm³/mol. The smallest absolute Gasteiger partial charge is 0.391 e. The van der Waals surface area contributed by atoms with Crippen molar-refractivity contribution in [1.29, 1.82) is 0 Å². The van der Waals surface area contributed by atoms with Crippen LogP contribution in [0.3, 0.4) is 0 Å². The number of para-hydroxylation sites is 1. The fraction of sp³-hybridized carbons (Fsp3) is 0.120. The van der Waals surface area contributed by atoms with Gasteiger partial charge in [-0.3, -0.25) is 9.59 Å². The van der Waals surface area contributed by atoms with E-state index in [0.717, 1.165) is 11.1 Å². The van der Waals surface area contributed by atoms with Crippen LogP contribution in [0.15, 0.2) is 84.9 Å². The first-order chi connectivity index (χ1) is 15.1. The van der Waals surface area contributed by atoms with Gasteiger partial charge >= 0.3 is 11.9 Å². The summed E-state index contributed by atoms with van der Waals surface area (Å²) in [6.07, 6.45) is -0.411. The molecule has 0 saturated carbocycles. The Kier molecular flexibility index (Phi) is 7.43. The van der Waals surface area contributed by atoms with E-state index in [1.54, 1.807) is 54.6 Å². The fourth-order valence-corrected chi connectivity index (χ4v) is 2.87. The normalized spacial score (nSPS) is 10.9. The molecule has 0 spiro atoms. The van der Waals surface area contributed by atoms with E-state index in [0.29, 0.717) is 12.0 Å². The van der Waals surface area contributed by atoms with E-state index >= 15 is 0 Å². The molecule has 0 saturated heterocycles. The van der Waals surface area contributed by atoms with E-state index in [1.807, 2.05) is 37.3 Å². The van der Waals surface area contributed by atoms with Gasteiger partial charge < -0.3 is 4.74 Å². The minimum Gasteiger partial charge on any atom is -0.391 e. The molecule has 0 unspecified atom stereocenters. The molecule has 3 aromatic carbocycles. The van der Waals surface area contributed by atoms with Gasteiger partial charge in [-0.15, -0.1) is 0 Å². The molecule has 6 nitrogen and oxygen atoms in total. The molecule has 3 rings (SSSR count). The maximum atomic E-state index is 12.9. The van der Waals surface area contributed by atoms with Gasteiger partial charge in [0.25, 0.3) is 5.78 Å². The first-order valence-electron chi connectivity index (χ1n) is 9.88. The Balaban J connectivity index is 1.77. The second-order valence-corrected chi connectivity index (χ2v) is 6.69. The van der Waals surface area contributed by atoms with Crippen LogP contribution in [0.2, 0.25) is 0 Å². The lowest BCUT2D eigenvalue weighted by Crippen LogP contribution is -2.76. The highest BCUT2D eigenvalue weighted by Gasteiger charge is 2.29. The van der Waals surface area contributed by atoms with Crippen molar-refractivity contribution in [3.05, 3.63) is 90.5 Å². The van der Waals surface area contributed by atoms with Crippen LogP contribution in [-0.2, 0) is 9.63 Å². The number of carbonyl (C=O) groups is 3. The largest absolute Gasteiger partial charge is 0.576 e. The summed E-state index contributed by atoms with van der Waals surface area (Å²) < 4.78 is 5.00. The summed E-state index contributed by atoms with van der Waals surface area (Å²) in [5, 5.41) is 2.21. The summed E-state index contributed by atoms with van der Waals surface area (Å²) in [4.78, 5) is 42.1. The third-order valence-electron chi connectivity index (χ3n) is 4.42. The molecule has 0 amide bonds. The van der Waals surface area contributed by atoms with Crippen LogP contribution in [0.1, 0.15) is 30.1 Å². The Hall–Kier alpha value is -4.06. The third-order valence-corrected chi connectivity index (χ3v) is 4.42. The van der Waals surface area contributed by atoms with Crippen LogP contribution in [0, 0.1) is 0 Å². The van der Waals surface area contributed by atoms with Crippen molar-refractivity contribution in [1.82, 2.24) is 0 Å². The summed E-state index contributed by atoms with van der Waals surface area (Å²) in [6.45, 7) is 1.82. The monoisotopic (exact) mass is 416 g/mol. The molecule has 1 N–H and O–H groups in total. The SMILES string of the molecule is CCCC(=O)/C(=[NH+]\OC(=O)Oc1ccccc1)C(=O)c1ccc(-c2ccccc2)cc1. The zero-order valence-corrected chi connectivity index (χ0v) is 17.0. The van der Waals surface area contributed by atoms with E-state index in [1.165, 1.54) is 0 Å². The molecular weight excluding hydrogens is 394 g/mol. The number of hydrogen-bond donors (Lipinski definition) is 1. The van der Waals surface area contributed by atoms with Crippen molar-refractivity contribution < 1.29 is 29.1 Å². The lowest BCUT2D eigenvalue weighted by molar-refractivity contribution is -0.722. The van der Waals surface area contributed by atoms with Gasteiger partial charge in [0.05, 0.1) is 0 Å². The fourth-order valence-electron chi connectivity index (χ4n) is 2.87. The van der Waals surface area contributed by atoms with Crippen molar-refractivity contribution in [2.45, 2.75) is 19.8 Å². The molecule has 0 aliphatic rings. The van der Waals surface area contributed by atoms with Crippen molar-refractivity contribution in [3.63, 3.8) is 0 Å². The number of benzene rings is 3. The summed E-state index contributed by atoms with van der Waals surface area (Å²) in [5.41, 5.74) is 1.93. The molecule has 0 atom stereocenters. The molecule has 0 aliphatic heterocycles. The molecule has 156 valence electrons. The van der Waals surface area contributed by atoms with E-state index in [-0.39, 0.29) is 17.9 Å². The van der Waals surface area contributed by atoms with Gasteiger partial charge in [-0.05, 0) is 34.8 Å². The molecule has 0 aliphatic carbocycles. The lowest BCUT2D eigenvalue weighted by Gasteiger charge is -2.03. The van der Waals surface area contributed by atoms with Gasteiger partial charge in [0.15, 0.2) is 0 Å². The number of carbonyl (C=O) groups excluding carboxylic acids is 3. The summed E-state index contributed by atoms with van der Waals surface area (Å²) in [6, 6.07) is 24.9. The van der Waals surface area contributed by atoms with Crippen molar-refractivity contribution >= 4 is 23.4 Å². The Labute approximate surface area is 180 Å². The van der Waals surface area contributed by atoms with Crippen molar-refractivity contribution in [3.8, 4) is 16.9 Å². The van der Waals surface area contributed by atoms with Crippen LogP contribution in [-0.4, -0.2) is 23.4 Å². The average molecular weight is 416 g/mol. The van der Waals surface area contributed by atoms with Crippen molar-refractivity contribution in [2.75, 3.05) is 0 Å². The number of hydrogen-bond acceptors (Lipinski definition) is 5. The first-order valence-corrected chi connectivity index (χ1v) is 9.88. The van der Waals surface area contributed by atoms with Crippen LogP contribution < -0.4 is 9.89 Å². The molecule has 0 aromatic heterocycles. The molecular formula is C25H22NO5+. The van der Waals surface area contributed by atoms with Crippen LogP contribution in [0.4, 0.5) is 4.79 Å². The zero-order chi connectivity index (χ0) is 22.1. The molecule has 31 heavy (non-hydrogen) atoms. The molecule has 3 aromatic rings. The average Bonchev–Trinajstić information content (AvgIpc) is 2.80. The van der Waals surface area contributed by atoms with Gasteiger partial charge in [0, 0.05) is 12.0 Å². The summed E-state index contributed by atoms with van der Waals surface area (Å²) in [5.74, 6) is -0.740. The molecule has 0 bridgehead atoms. The van der Waals surface area contributed by atoms with Crippen LogP contribution >= 0.6 is 0 Å². The van der Waals surface area contributed by atoms with Gasteiger partial charge in [0.2, 0.25) is 5.78 Å². The Morgan fingerprint density at radius 3 is 1.97 bits per heavy atom. The highest BCUT2D eigenvalue weighted by molar-refractivity contribution is 6.67. The maximum absolute atomic E-state index is 12.9. The standard InChI is InChI=1S/C25H21NO5/c1-2-9-22(27)23(26-31-25(29)30-21-12-7-4-8-13-21)24(28)20-16-14-19(15-17-20)18-10-5-3-6-11-18/h3-8,10-17H,2,9H2,1H3/p+1/b26-23+. The Morgan fingerprint density at radius 2 is 1.35 bits per heavy atom. The highest BCUT2D eigenvalue weighted by Crippen LogP contribution is 2.19. The van der Waals surface area contributed by atoms with Gasteiger partial charge in [-0.25, -0.2) is 0 Å². The summed E-state index contributed by atoms with van der Waals surface area (Å²) in [7, 11) is 0. The molecule has 6 heteroatoms. The second kappa shape index (κ2) is 10.6. The van der Waals surface area contributed by atoms with E-state index < -0.39 is 17.7 Å². The van der Waals surface area contributed by atoms with Gasteiger partial charge in [0.1, 0.15) is 5.75 Å². The topological polar surface area (TPSA) is 83.6 Å². The van der Waals surface area contributed by atoms with E-state index in [4.69, 9.17) is 9.57 Å². The van der Waals surface area contributed by atoms with Crippen molar-refractivity contribution in [2.24, 2.45) is 0 Å². The molecule has 0 radical (unpaired) electrons. The minimum atomic E-state index is -1.08. The van der Waals surface area contributed by atoms with Gasteiger partial charge in [-0.1, -0.05) is 79.7 Å². The second-order valence-electron chi connectivity index (χ2n) is 6.69. The molecule has 0 fully saturated rings. The van der Waals surface area contributed by atoms with Crippen LogP contribution in [0.25, 0.3) is 11.1 Å². The molecule has 0 heterocycles. The minimum absolute atomic E-state index is 0.132. The van der Waals surface area contributed by atoms with E-state index in [2.05, 4.69) is 5.16 Å². The maximum Gasteiger partial charge on any atom is 0.576 e. The Bertz CT molecular complexity index is 1070. The quantitative estimate of drug-likeness (QED) is 0.115. The Morgan fingerprint density at radius 1 is 0.774 bits per heavy atom. The van der Waals surface area contributed by atoms with E-state index in [9.17, 15) is 14.4 Å². The van der Waals surface area contributed by atoms with Crippen LogP contribution in [0.5, 0.6) is 5.75 Å². The lowest BCUT2D eigenvalue weighted by atomic mass is 9.98. The number of rotatable bonds is 8. The number of ether oxygens (including phenoxy) is 1. The zero-order valence-electron chi connectivity index (χ0n) is 17.0. The van der Waals surface area contributed by atoms with Gasteiger partial charge in [-0.2, -0.15) is 9.63 Å². The number of ketones is 2. The first kappa shape index (κ1) is 21.6. The number of nitrogens with one attached hydrogen (secondary N) is 1. The predicted octanol–water partition coefficient (Wildman–Crippen LogP) is 3.56. The highest BCUT2D eigenvalue weighted by atomic mass is 16.8.